The first-order valence-electron chi connectivity index (χ1n) is 8.08. The minimum absolute atomic E-state index is 0.207. The molecule has 0 amide bonds. The molecule has 1 aliphatic heterocycles. The molecule has 25 heavy (non-hydrogen) atoms. The third kappa shape index (κ3) is 3.61. The molecule has 0 saturated carbocycles. The largest absolute Gasteiger partial charge is 0.495 e. The van der Waals surface area contributed by atoms with Crippen molar-refractivity contribution in [2.45, 2.75) is 11.8 Å². The lowest BCUT2D eigenvalue weighted by Gasteiger charge is -2.36. The maximum absolute atomic E-state index is 12.9. The number of para-hydroxylation sites is 1. The van der Waals surface area contributed by atoms with Crippen LogP contribution in [-0.4, -0.2) is 46.0 Å². The summed E-state index contributed by atoms with van der Waals surface area (Å²) in [6.07, 6.45) is 0. The molecule has 134 valence electrons. The summed E-state index contributed by atoms with van der Waals surface area (Å²) >= 11 is 5.99. The van der Waals surface area contributed by atoms with Crippen molar-refractivity contribution in [3.8, 4) is 5.75 Å². The Morgan fingerprint density at radius 3 is 2.36 bits per heavy atom. The van der Waals surface area contributed by atoms with E-state index in [4.69, 9.17) is 16.3 Å². The van der Waals surface area contributed by atoms with E-state index < -0.39 is 10.0 Å². The molecule has 1 aliphatic rings. The third-order valence-electron chi connectivity index (χ3n) is 4.46. The van der Waals surface area contributed by atoms with Gasteiger partial charge < -0.3 is 9.64 Å². The SMILES string of the molecule is COc1cc(S(=O)(=O)N2CCN(c3ccccc3C)CC2)ccc1Cl. The fourth-order valence-electron chi connectivity index (χ4n) is 3.04. The second-order valence-corrected chi connectivity index (χ2v) is 8.32. The van der Waals surface area contributed by atoms with Crippen molar-refractivity contribution >= 4 is 27.3 Å². The van der Waals surface area contributed by atoms with Gasteiger partial charge in [-0.3, -0.25) is 0 Å². The van der Waals surface area contributed by atoms with Gasteiger partial charge in [-0.25, -0.2) is 8.42 Å². The van der Waals surface area contributed by atoms with Crippen LogP contribution in [0, 0.1) is 6.92 Å². The molecule has 7 heteroatoms. The van der Waals surface area contributed by atoms with E-state index in [0.717, 1.165) is 5.69 Å². The van der Waals surface area contributed by atoms with Gasteiger partial charge in [-0.2, -0.15) is 4.31 Å². The average molecular weight is 381 g/mol. The molecule has 3 rings (SSSR count). The van der Waals surface area contributed by atoms with E-state index in [1.54, 1.807) is 6.07 Å². The van der Waals surface area contributed by atoms with Crippen LogP contribution in [0.3, 0.4) is 0 Å². The van der Waals surface area contributed by atoms with Crippen LogP contribution < -0.4 is 9.64 Å². The van der Waals surface area contributed by atoms with Gasteiger partial charge in [-0.1, -0.05) is 29.8 Å². The van der Waals surface area contributed by atoms with Crippen LogP contribution in [0.25, 0.3) is 0 Å². The van der Waals surface area contributed by atoms with Crippen molar-refractivity contribution in [2.24, 2.45) is 0 Å². The molecule has 2 aromatic carbocycles. The molecule has 0 N–H and O–H groups in total. The Hall–Kier alpha value is -1.76. The average Bonchev–Trinajstić information content (AvgIpc) is 2.62. The Bertz CT molecular complexity index is 862. The van der Waals surface area contributed by atoms with Gasteiger partial charge in [0.1, 0.15) is 5.75 Å². The van der Waals surface area contributed by atoms with E-state index >= 15 is 0 Å². The first kappa shape index (κ1) is 18.0. The molecule has 1 fully saturated rings. The van der Waals surface area contributed by atoms with Gasteiger partial charge in [0, 0.05) is 37.9 Å². The predicted molar refractivity (Wildman–Crippen MR) is 100 cm³/mol. The Labute approximate surface area is 153 Å². The Balaban J connectivity index is 1.77. The molecule has 2 aromatic rings. The smallest absolute Gasteiger partial charge is 0.243 e. The summed E-state index contributed by atoms with van der Waals surface area (Å²) in [5.41, 5.74) is 2.36. The van der Waals surface area contributed by atoms with Crippen LogP contribution in [0.2, 0.25) is 5.02 Å². The Morgan fingerprint density at radius 2 is 1.72 bits per heavy atom. The molecule has 1 heterocycles. The molecule has 0 unspecified atom stereocenters. The summed E-state index contributed by atoms with van der Waals surface area (Å²) in [6, 6.07) is 12.7. The van der Waals surface area contributed by atoms with Crippen LogP contribution in [-0.2, 0) is 10.0 Å². The highest BCUT2D eigenvalue weighted by Gasteiger charge is 2.29. The summed E-state index contributed by atoms with van der Waals surface area (Å²) in [5, 5.41) is 0.394. The fourth-order valence-corrected chi connectivity index (χ4v) is 4.67. The molecule has 0 aromatic heterocycles. The van der Waals surface area contributed by atoms with E-state index in [2.05, 4.69) is 24.0 Å². The minimum Gasteiger partial charge on any atom is -0.495 e. The highest BCUT2D eigenvalue weighted by molar-refractivity contribution is 7.89. The molecule has 1 saturated heterocycles. The van der Waals surface area contributed by atoms with Gasteiger partial charge in [0.05, 0.1) is 17.0 Å². The number of halogens is 1. The summed E-state index contributed by atoms with van der Waals surface area (Å²) < 4.78 is 32.4. The first-order chi connectivity index (χ1) is 11.9. The molecule has 5 nitrogen and oxygen atoms in total. The third-order valence-corrected chi connectivity index (χ3v) is 6.66. The maximum atomic E-state index is 12.9. The van der Waals surface area contributed by atoms with Gasteiger partial charge in [0.25, 0.3) is 0 Å². The second kappa shape index (κ2) is 7.23. The number of hydrogen-bond acceptors (Lipinski definition) is 4. The molecule has 0 radical (unpaired) electrons. The number of aryl methyl sites for hydroxylation is 1. The maximum Gasteiger partial charge on any atom is 0.243 e. The lowest BCUT2D eigenvalue weighted by Crippen LogP contribution is -2.48. The number of ether oxygens (including phenoxy) is 1. The fraction of sp³-hybridized carbons (Fsp3) is 0.333. The van der Waals surface area contributed by atoms with E-state index in [9.17, 15) is 8.42 Å². The topological polar surface area (TPSA) is 49.9 Å². The van der Waals surface area contributed by atoms with Gasteiger partial charge in [-0.05, 0) is 30.7 Å². The molecular formula is C18H21ClN2O3S. The highest BCUT2D eigenvalue weighted by atomic mass is 35.5. The number of piperazine rings is 1. The normalized spacial score (nSPS) is 16.0. The zero-order valence-electron chi connectivity index (χ0n) is 14.3. The van der Waals surface area contributed by atoms with Crippen molar-refractivity contribution in [3.05, 3.63) is 53.1 Å². The number of methoxy groups -OCH3 is 1. The molecule has 0 aliphatic carbocycles. The summed E-state index contributed by atoms with van der Waals surface area (Å²) in [7, 11) is -2.09. The monoisotopic (exact) mass is 380 g/mol. The van der Waals surface area contributed by atoms with Gasteiger partial charge in [-0.15, -0.1) is 0 Å². The zero-order chi connectivity index (χ0) is 18.0. The zero-order valence-corrected chi connectivity index (χ0v) is 15.8. The lowest BCUT2D eigenvalue weighted by molar-refractivity contribution is 0.383. The quantitative estimate of drug-likeness (QED) is 0.817. The van der Waals surface area contributed by atoms with Crippen molar-refractivity contribution in [1.29, 1.82) is 0 Å². The van der Waals surface area contributed by atoms with Crippen LogP contribution in [0.1, 0.15) is 5.56 Å². The minimum atomic E-state index is -3.56. The van der Waals surface area contributed by atoms with Crippen molar-refractivity contribution in [3.63, 3.8) is 0 Å². The van der Waals surface area contributed by atoms with Crippen molar-refractivity contribution in [1.82, 2.24) is 4.31 Å². The van der Waals surface area contributed by atoms with Gasteiger partial charge >= 0.3 is 0 Å². The number of sulfonamides is 1. The molecule has 0 atom stereocenters. The van der Waals surface area contributed by atoms with Crippen molar-refractivity contribution < 1.29 is 13.2 Å². The molecule has 0 spiro atoms. The number of hydrogen-bond donors (Lipinski definition) is 0. The Morgan fingerprint density at radius 1 is 1.04 bits per heavy atom. The first-order valence-corrected chi connectivity index (χ1v) is 9.89. The molecular weight excluding hydrogens is 360 g/mol. The van der Waals surface area contributed by atoms with E-state index in [0.29, 0.717) is 37.0 Å². The standard InChI is InChI=1S/C18H21ClN2O3S/c1-14-5-3-4-6-17(14)20-9-11-21(12-10-20)25(22,23)15-7-8-16(19)18(13-15)24-2/h3-8,13H,9-12H2,1-2H3. The summed E-state index contributed by atoms with van der Waals surface area (Å²) in [5.74, 6) is 0.362. The summed E-state index contributed by atoms with van der Waals surface area (Å²) in [6.45, 7) is 4.28. The second-order valence-electron chi connectivity index (χ2n) is 5.97. The van der Waals surface area contributed by atoms with Gasteiger partial charge in [0.2, 0.25) is 10.0 Å². The van der Waals surface area contributed by atoms with Crippen LogP contribution in [0.15, 0.2) is 47.4 Å². The summed E-state index contributed by atoms with van der Waals surface area (Å²) in [4.78, 5) is 2.43. The van der Waals surface area contributed by atoms with E-state index in [1.807, 2.05) is 12.1 Å². The lowest BCUT2D eigenvalue weighted by atomic mass is 10.1. The number of benzene rings is 2. The van der Waals surface area contributed by atoms with Gasteiger partial charge in [0.15, 0.2) is 0 Å². The molecule has 0 bridgehead atoms. The number of rotatable bonds is 4. The van der Waals surface area contributed by atoms with Crippen LogP contribution >= 0.6 is 11.6 Å². The van der Waals surface area contributed by atoms with E-state index in [-0.39, 0.29) is 4.90 Å². The highest BCUT2D eigenvalue weighted by Crippen LogP contribution is 2.29. The van der Waals surface area contributed by atoms with Crippen LogP contribution in [0.4, 0.5) is 5.69 Å². The van der Waals surface area contributed by atoms with Crippen molar-refractivity contribution in [2.75, 3.05) is 38.2 Å². The van der Waals surface area contributed by atoms with Crippen LogP contribution in [0.5, 0.6) is 5.75 Å². The number of nitrogens with zero attached hydrogens (tertiary/aromatic N) is 2. The Kier molecular flexibility index (Phi) is 5.22. The predicted octanol–water partition coefficient (Wildman–Crippen LogP) is 3.17. The number of anilines is 1. The van der Waals surface area contributed by atoms with E-state index in [1.165, 1.54) is 29.1 Å².